The highest BCUT2D eigenvalue weighted by Crippen LogP contribution is 2.22. The fourth-order valence-corrected chi connectivity index (χ4v) is 2.92. The van der Waals surface area contributed by atoms with Crippen molar-refractivity contribution < 1.29 is 9.53 Å². The molecule has 1 heterocycles. The lowest BCUT2D eigenvalue weighted by Crippen LogP contribution is -2.30. The molecule has 19 heavy (non-hydrogen) atoms. The highest BCUT2D eigenvalue weighted by Gasteiger charge is 2.13. The molecule has 0 spiro atoms. The summed E-state index contributed by atoms with van der Waals surface area (Å²) in [6.07, 6.45) is 0. The number of para-hydroxylation sites is 1. The van der Waals surface area contributed by atoms with E-state index in [1.165, 1.54) is 11.3 Å². The molecule has 0 fully saturated rings. The van der Waals surface area contributed by atoms with Gasteiger partial charge in [0.05, 0.1) is 15.2 Å². The Hall–Kier alpha value is -1.33. The Morgan fingerprint density at radius 1 is 1.26 bits per heavy atom. The van der Waals surface area contributed by atoms with E-state index >= 15 is 0 Å². The minimum absolute atomic E-state index is 0.0207. The molecule has 0 saturated carbocycles. The van der Waals surface area contributed by atoms with Crippen molar-refractivity contribution in [1.29, 1.82) is 0 Å². The molecule has 1 aromatic carbocycles. The van der Waals surface area contributed by atoms with Crippen LogP contribution in [0, 0.1) is 0 Å². The molecule has 2 aromatic rings. The molecule has 0 N–H and O–H groups in total. The predicted octanol–water partition coefficient (Wildman–Crippen LogP) is 3.66. The molecule has 2 rings (SSSR count). The van der Waals surface area contributed by atoms with Gasteiger partial charge in [-0.1, -0.05) is 18.2 Å². The van der Waals surface area contributed by atoms with E-state index in [0.29, 0.717) is 13.2 Å². The maximum absolute atomic E-state index is 12.1. The number of amides is 1. The Kier molecular flexibility index (Phi) is 4.99. The van der Waals surface area contributed by atoms with Crippen molar-refractivity contribution >= 4 is 33.2 Å². The number of likely N-dealkylation sites (N-methyl/N-ethyl adjacent to an activating group) is 1. The standard InChI is InChI=1S/C14H14BrNO2S/c1-16(14(17)12-7-8-13(15)19-12)9-10-18-11-5-3-2-4-6-11/h2-8H,9-10H2,1H3. The second-order valence-corrected chi connectivity index (χ2v) is 6.45. The number of halogens is 1. The van der Waals surface area contributed by atoms with Gasteiger partial charge in [0, 0.05) is 7.05 Å². The number of carbonyl (C=O) groups is 1. The second-order valence-electron chi connectivity index (χ2n) is 3.99. The van der Waals surface area contributed by atoms with Gasteiger partial charge in [0.1, 0.15) is 12.4 Å². The number of benzene rings is 1. The zero-order valence-electron chi connectivity index (χ0n) is 10.5. The molecule has 0 aliphatic rings. The summed E-state index contributed by atoms with van der Waals surface area (Å²) in [6, 6.07) is 13.3. The van der Waals surface area contributed by atoms with Crippen molar-refractivity contribution in [3.8, 4) is 5.75 Å². The van der Waals surface area contributed by atoms with Crippen LogP contribution in [0.15, 0.2) is 46.3 Å². The number of thiophene rings is 1. The van der Waals surface area contributed by atoms with Crippen LogP contribution in [-0.4, -0.2) is 31.0 Å². The van der Waals surface area contributed by atoms with E-state index in [4.69, 9.17) is 4.74 Å². The SMILES string of the molecule is CN(CCOc1ccccc1)C(=O)c1ccc(Br)s1. The summed E-state index contributed by atoms with van der Waals surface area (Å²) in [6.45, 7) is 1.04. The van der Waals surface area contributed by atoms with Gasteiger partial charge in [-0.2, -0.15) is 0 Å². The molecule has 0 saturated heterocycles. The lowest BCUT2D eigenvalue weighted by molar-refractivity contribution is 0.0778. The van der Waals surface area contributed by atoms with E-state index in [9.17, 15) is 4.79 Å². The van der Waals surface area contributed by atoms with Crippen LogP contribution in [-0.2, 0) is 0 Å². The van der Waals surface area contributed by atoms with Gasteiger partial charge in [-0.05, 0) is 40.2 Å². The fraction of sp³-hybridized carbons (Fsp3) is 0.214. The number of carbonyl (C=O) groups excluding carboxylic acids is 1. The number of hydrogen-bond acceptors (Lipinski definition) is 3. The first-order chi connectivity index (χ1) is 9.16. The van der Waals surface area contributed by atoms with Crippen LogP contribution in [0.1, 0.15) is 9.67 Å². The van der Waals surface area contributed by atoms with Crippen LogP contribution in [0.25, 0.3) is 0 Å². The Morgan fingerprint density at radius 2 is 2.00 bits per heavy atom. The zero-order chi connectivity index (χ0) is 13.7. The summed E-state index contributed by atoms with van der Waals surface area (Å²) >= 11 is 4.79. The number of nitrogens with zero attached hydrogens (tertiary/aromatic N) is 1. The molecule has 0 radical (unpaired) electrons. The Balaban J connectivity index is 1.81. The first-order valence-electron chi connectivity index (χ1n) is 5.85. The Labute approximate surface area is 124 Å². The largest absolute Gasteiger partial charge is 0.492 e. The fourth-order valence-electron chi connectivity index (χ4n) is 1.54. The van der Waals surface area contributed by atoms with E-state index in [1.807, 2.05) is 42.5 Å². The van der Waals surface area contributed by atoms with Gasteiger partial charge in [0.25, 0.3) is 5.91 Å². The summed E-state index contributed by atoms with van der Waals surface area (Å²) < 4.78 is 6.53. The van der Waals surface area contributed by atoms with Crippen molar-refractivity contribution in [3.63, 3.8) is 0 Å². The molecule has 3 nitrogen and oxygen atoms in total. The molecule has 1 amide bonds. The molecular weight excluding hydrogens is 326 g/mol. The monoisotopic (exact) mass is 339 g/mol. The molecule has 5 heteroatoms. The zero-order valence-corrected chi connectivity index (χ0v) is 12.9. The third kappa shape index (κ3) is 4.08. The van der Waals surface area contributed by atoms with Crippen LogP contribution < -0.4 is 4.74 Å². The summed E-state index contributed by atoms with van der Waals surface area (Å²) in [4.78, 5) is 14.5. The van der Waals surface area contributed by atoms with E-state index in [-0.39, 0.29) is 5.91 Å². The van der Waals surface area contributed by atoms with Gasteiger partial charge < -0.3 is 9.64 Å². The maximum Gasteiger partial charge on any atom is 0.263 e. The molecule has 0 aliphatic heterocycles. The minimum atomic E-state index is 0.0207. The number of ether oxygens (including phenoxy) is 1. The molecule has 0 bridgehead atoms. The van der Waals surface area contributed by atoms with Crippen molar-refractivity contribution in [2.45, 2.75) is 0 Å². The molecule has 0 aliphatic carbocycles. The highest BCUT2D eigenvalue weighted by atomic mass is 79.9. The third-order valence-electron chi connectivity index (χ3n) is 2.57. The summed E-state index contributed by atoms with van der Waals surface area (Å²) in [5.74, 6) is 0.842. The van der Waals surface area contributed by atoms with Crippen molar-refractivity contribution in [1.82, 2.24) is 4.90 Å². The number of hydrogen-bond donors (Lipinski definition) is 0. The molecule has 100 valence electrons. The first-order valence-corrected chi connectivity index (χ1v) is 7.46. The summed E-state index contributed by atoms with van der Waals surface area (Å²) in [5, 5.41) is 0. The van der Waals surface area contributed by atoms with Crippen LogP contribution >= 0.6 is 27.3 Å². The normalized spacial score (nSPS) is 10.2. The summed E-state index contributed by atoms with van der Waals surface area (Å²) in [5.41, 5.74) is 0. The third-order valence-corrected chi connectivity index (χ3v) is 4.18. The quantitative estimate of drug-likeness (QED) is 0.831. The van der Waals surface area contributed by atoms with Gasteiger partial charge in [0.15, 0.2) is 0 Å². The van der Waals surface area contributed by atoms with E-state index in [0.717, 1.165) is 14.4 Å². The topological polar surface area (TPSA) is 29.5 Å². The van der Waals surface area contributed by atoms with Crippen molar-refractivity contribution in [2.24, 2.45) is 0 Å². The van der Waals surface area contributed by atoms with Gasteiger partial charge in [-0.15, -0.1) is 11.3 Å². The van der Waals surface area contributed by atoms with Crippen molar-refractivity contribution in [3.05, 3.63) is 51.1 Å². The smallest absolute Gasteiger partial charge is 0.263 e. The minimum Gasteiger partial charge on any atom is -0.492 e. The van der Waals surface area contributed by atoms with Crippen LogP contribution in [0.2, 0.25) is 0 Å². The van der Waals surface area contributed by atoms with Crippen molar-refractivity contribution in [2.75, 3.05) is 20.2 Å². The Morgan fingerprint density at radius 3 is 2.63 bits per heavy atom. The first kappa shape index (κ1) is 14.1. The summed E-state index contributed by atoms with van der Waals surface area (Å²) in [7, 11) is 1.78. The lowest BCUT2D eigenvalue weighted by Gasteiger charge is -2.16. The highest BCUT2D eigenvalue weighted by molar-refractivity contribution is 9.11. The molecular formula is C14H14BrNO2S. The van der Waals surface area contributed by atoms with E-state index in [2.05, 4.69) is 15.9 Å². The van der Waals surface area contributed by atoms with E-state index < -0.39 is 0 Å². The Bertz CT molecular complexity index is 541. The van der Waals surface area contributed by atoms with Crippen LogP contribution in [0.5, 0.6) is 5.75 Å². The average molecular weight is 340 g/mol. The van der Waals surface area contributed by atoms with Gasteiger partial charge in [-0.3, -0.25) is 4.79 Å². The average Bonchev–Trinajstić information content (AvgIpc) is 2.85. The van der Waals surface area contributed by atoms with Crippen LogP contribution in [0.3, 0.4) is 0 Å². The second kappa shape index (κ2) is 6.73. The molecule has 0 unspecified atom stereocenters. The molecule has 1 aromatic heterocycles. The molecule has 0 atom stereocenters. The van der Waals surface area contributed by atoms with Gasteiger partial charge >= 0.3 is 0 Å². The predicted molar refractivity (Wildman–Crippen MR) is 80.9 cm³/mol. The van der Waals surface area contributed by atoms with Gasteiger partial charge in [-0.25, -0.2) is 0 Å². The van der Waals surface area contributed by atoms with Crippen LogP contribution in [0.4, 0.5) is 0 Å². The lowest BCUT2D eigenvalue weighted by atomic mass is 10.3. The number of rotatable bonds is 5. The van der Waals surface area contributed by atoms with Gasteiger partial charge in [0.2, 0.25) is 0 Å². The van der Waals surface area contributed by atoms with E-state index in [1.54, 1.807) is 11.9 Å². The maximum atomic E-state index is 12.1.